The number of hydrogen-bond donors (Lipinski definition) is 3. The van der Waals surface area contributed by atoms with Crippen LogP contribution in [0.4, 0.5) is 0 Å². The summed E-state index contributed by atoms with van der Waals surface area (Å²) < 4.78 is 4.46. The molecule has 12 heteroatoms. The second-order valence-corrected chi connectivity index (χ2v) is 8.88. The SMILES string of the molecule is COC(=O)CCC(=O)N[C@@H](C)C(=O)N[C@@H](C)C(=O)N1CCC[C@@H]1C(=O)N[C@@H](C(=O)CCl)C(C)C. The van der Waals surface area contributed by atoms with Crippen molar-refractivity contribution >= 4 is 47.0 Å². The Morgan fingerprint density at radius 1 is 0.971 bits per heavy atom. The van der Waals surface area contributed by atoms with Crippen LogP contribution in [-0.2, 0) is 33.5 Å². The molecule has 0 aliphatic carbocycles. The van der Waals surface area contributed by atoms with Crippen molar-refractivity contribution in [1.82, 2.24) is 20.9 Å². The van der Waals surface area contributed by atoms with E-state index in [4.69, 9.17) is 11.6 Å². The molecular weight excluding hydrogens is 468 g/mol. The first kappa shape index (κ1) is 29.3. The lowest BCUT2D eigenvalue weighted by molar-refractivity contribution is -0.142. The quantitative estimate of drug-likeness (QED) is 0.249. The third-order valence-electron chi connectivity index (χ3n) is 5.57. The summed E-state index contributed by atoms with van der Waals surface area (Å²) in [5.41, 5.74) is 0. The third kappa shape index (κ3) is 8.58. The van der Waals surface area contributed by atoms with Crippen LogP contribution in [0.3, 0.4) is 0 Å². The van der Waals surface area contributed by atoms with Crippen LogP contribution in [0.1, 0.15) is 53.4 Å². The molecule has 0 aromatic rings. The van der Waals surface area contributed by atoms with E-state index >= 15 is 0 Å². The highest BCUT2D eigenvalue weighted by Gasteiger charge is 2.38. The number of Topliss-reactive ketones (excluding diaryl/α,β-unsaturated/α-hetero) is 1. The summed E-state index contributed by atoms with van der Waals surface area (Å²) in [7, 11) is 1.21. The molecule has 4 amide bonds. The number of rotatable bonds is 12. The molecule has 0 bridgehead atoms. The normalized spacial score (nSPS) is 18.0. The Hall–Kier alpha value is -2.69. The van der Waals surface area contributed by atoms with Gasteiger partial charge in [0.2, 0.25) is 23.6 Å². The number of carbonyl (C=O) groups is 6. The Morgan fingerprint density at radius 2 is 1.62 bits per heavy atom. The number of ketones is 1. The van der Waals surface area contributed by atoms with Crippen LogP contribution in [0.2, 0.25) is 0 Å². The highest BCUT2D eigenvalue weighted by molar-refractivity contribution is 6.28. The molecule has 192 valence electrons. The number of alkyl halides is 1. The molecule has 34 heavy (non-hydrogen) atoms. The Bertz CT molecular complexity index is 789. The Kier molecular flexibility index (Phi) is 12.0. The van der Waals surface area contributed by atoms with E-state index in [0.717, 1.165) is 0 Å². The van der Waals surface area contributed by atoms with Gasteiger partial charge in [-0.25, -0.2) is 0 Å². The van der Waals surface area contributed by atoms with Crippen LogP contribution in [0.25, 0.3) is 0 Å². The second-order valence-electron chi connectivity index (χ2n) is 8.62. The molecule has 1 saturated heterocycles. The Labute approximate surface area is 204 Å². The largest absolute Gasteiger partial charge is 0.469 e. The molecule has 0 spiro atoms. The first-order valence-electron chi connectivity index (χ1n) is 11.3. The summed E-state index contributed by atoms with van der Waals surface area (Å²) in [4.78, 5) is 74.7. The number of halogens is 1. The van der Waals surface area contributed by atoms with Gasteiger partial charge in [0.25, 0.3) is 0 Å². The highest BCUT2D eigenvalue weighted by atomic mass is 35.5. The number of nitrogens with zero attached hydrogens (tertiary/aromatic N) is 1. The molecule has 1 fully saturated rings. The number of ether oxygens (including phenoxy) is 1. The van der Waals surface area contributed by atoms with Gasteiger partial charge >= 0.3 is 5.97 Å². The number of carbonyl (C=O) groups excluding carboxylic acids is 6. The van der Waals surface area contributed by atoms with Crippen molar-refractivity contribution in [3.8, 4) is 0 Å². The van der Waals surface area contributed by atoms with E-state index < -0.39 is 53.8 Å². The fourth-order valence-corrected chi connectivity index (χ4v) is 3.77. The number of likely N-dealkylation sites (tertiary alicyclic amines) is 1. The van der Waals surface area contributed by atoms with Gasteiger partial charge in [-0.05, 0) is 32.6 Å². The molecule has 0 unspecified atom stereocenters. The molecule has 0 radical (unpaired) electrons. The molecule has 1 rings (SSSR count). The van der Waals surface area contributed by atoms with Crippen molar-refractivity contribution in [2.45, 2.75) is 77.5 Å². The van der Waals surface area contributed by atoms with Crippen LogP contribution in [-0.4, -0.2) is 84.0 Å². The van der Waals surface area contributed by atoms with Crippen LogP contribution in [0, 0.1) is 5.92 Å². The van der Waals surface area contributed by atoms with E-state index in [0.29, 0.717) is 19.4 Å². The van der Waals surface area contributed by atoms with Crippen molar-refractivity contribution < 1.29 is 33.5 Å². The van der Waals surface area contributed by atoms with Gasteiger partial charge in [0.05, 0.1) is 25.5 Å². The minimum Gasteiger partial charge on any atom is -0.469 e. The van der Waals surface area contributed by atoms with Gasteiger partial charge in [0, 0.05) is 13.0 Å². The van der Waals surface area contributed by atoms with Gasteiger partial charge in [0.1, 0.15) is 18.1 Å². The lowest BCUT2D eigenvalue weighted by Crippen LogP contribution is -2.56. The maximum atomic E-state index is 13.0. The van der Waals surface area contributed by atoms with E-state index in [1.54, 1.807) is 13.8 Å². The van der Waals surface area contributed by atoms with Crippen molar-refractivity contribution in [3.63, 3.8) is 0 Å². The molecule has 4 atom stereocenters. The minimum atomic E-state index is -0.944. The average molecular weight is 503 g/mol. The molecule has 11 nitrogen and oxygen atoms in total. The molecule has 1 aliphatic heterocycles. The Morgan fingerprint density at radius 3 is 2.18 bits per heavy atom. The van der Waals surface area contributed by atoms with Gasteiger partial charge in [-0.1, -0.05) is 13.8 Å². The van der Waals surface area contributed by atoms with E-state index in [1.807, 2.05) is 0 Å². The lowest BCUT2D eigenvalue weighted by atomic mass is 10.00. The van der Waals surface area contributed by atoms with Crippen molar-refractivity contribution in [3.05, 3.63) is 0 Å². The maximum Gasteiger partial charge on any atom is 0.306 e. The summed E-state index contributed by atoms with van der Waals surface area (Å²) in [5.74, 6) is -3.20. The van der Waals surface area contributed by atoms with Gasteiger partial charge < -0.3 is 25.6 Å². The van der Waals surface area contributed by atoms with Crippen molar-refractivity contribution in [1.29, 1.82) is 0 Å². The number of nitrogens with one attached hydrogen (secondary N) is 3. The van der Waals surface area contributed by atoms with Crippen LogP contribution in [0.15, 0.2) is 0 Å². The summed E-state index contributed by atoms with van der Waals surface area (Å²) >= 11 is 5.65. The fraction of sp³-hybridized carbons (Fsp3) is 0.727. The first-order chi connectivity index (χ1) is 15.9. The lowest BCUT2D eigenvalue weighted by Gasteiger charge is -2.29. The number of hydrogen-bond acceptors (Lipinski definition) is 7. The number of esters is 1. The topological polar surface area (TPSA) is 151 Å². The van der Waals surface area contributed by atoms with Gasteiger partial charge in [-0.15, -0.1) is 11.6 Å². The zero-order chi connectivity index (χ0) is 26.0. The minimum absolute atomic E-state index is 0.113. The molecule has 0 aromatic carbocycles. The molecule has 3 N–H and O–H groups in total. The zero-order valence-electron chi connectivity index (χ0n) is 20.3. The van der Waals surface area contributed by atoms with Gasteiger partial charge in [0.15, 0.2) is 5.78 Å². The number of amides is 4. The van der Waals surface area contributed by atoms with Crippen molar-refractivity contribution in [2.24, 2.45) is 5.92 Å². The summed E-state index contributed by atoms with van der Waals surface area (Å²) in [6.07, 6.45) is 0.794. The summed E-state index contributed by atoms with van der Waals surface area (Å²) in [6, 6.07) is -3.39. The fourth-order valence-electron chi connectivity index (χ4n) is 3.60. The molecule has 1 heterocycles. The standard InChI is InChI=1S/C22H35ClN4O7/c1-12(2)19(16(28)11-23)26-21(32)15-7-6-10-27(15)22(33)14(4)25-20(31)13(3)24-17(29)8-9-18(30)34-5/h12-15,19H,6-11H2,1-5H3,(H,24,29)(H,25,31)(H,26,32)/t13-,14-,15+,19+/m0/s1. The predicted molar refractivity (Wildman–Crippen MR) is 124 cm³/mol. The Balaban J connectivity index is 2.68. The smallest absolute Gasteiger partial charge is 0.306 e. The maximum absolute atomic E-state index is 13.0. The monoisotopic (exact) mass is 502 g/mol. The van der Waals surface area contributed by atoms with Crippen molar-refractivity contribution in [2.75, 3.05) is 19.5 Å². The summed E-state index contributed by atoms with van der Waals surface area (Å²) in [6.45, 7) is 6.87. The van der Waals surface area contributed by atoms with Crippen LogP contribution in [0.5, 0.6) is 0 Å². The first-order valence-corrected chi connectivity index (χ1v) is 11.8. The summed E-state index contributed by atoms with van der Waals surface area (Å²) in [5, 5.41) is 7.70. The van der Waals surface area contributed by atoms with E-state index in [1.165, 1.54) is 25.9 Å². The van der Waals surface area contributed by atoms with Crippen LogP contribution < -0.4 is 16.0 Å². The van der Waals surface area contributed by atoms with E-state index in [-0.39, 0.29) is 30.4 Å². The molecule has 0 saturated carbocycles. The molecule has 0 aromatic heterocycles. The van der Waals surface area contributed by atoms with E-state index in [2.05, 4.69) is 20.7 Å². The molecular formula is C22H35ClN4O7. The van der Waals surface area contributed by atoms with Gasteiger partial charge in [-0.2, -0.15) is 0 Å². The average Bonchev–Trinajstić information content (AvgIpc) is 3.29. The second kappa shape index (κ2) is 13.9. The van der Waals surface area contributed by atoms with E-state index in [9.17, 15) is 28.8 Å². The third-order valence-corrected chi connectivity index (χ3v) is 5.83. The van der Waals surface area contributed by atoms with Crippen LogP contribution >= 0.6 is 11.6 Å². The predicted octanol–water partition coefficient (Wildman–Crippen LogP) is -0.111. The molecule has 1 aliphatic rings. The van der Waals surface area contributed by atoms with Gasteiger partial charge in [-0.3, -0.25) is 28.8 Å². The highest BCUT2D eigenvalue weighted by Crippen LogP contribution is 2.19. The zero-order valence-corrected chi connectivity index (χ0v) is 21.1. The number of methoxy groups -OCH3 is 1.